The van der Waals surface area contributed by atoms with Crippen LogP contribution < -0.4 is 15.4 Å². The number of nitrogens with zero attached hydrogens (tertiary/aromatic N) is 1. The second-order valence-electron chi connectivity index (χ2n) is 5.18. The zero-order valence-corrected chi connectivity index (χ0v) is 15.4. The zero-order chi connectivity index (χ0) is 17.3. The lowest BCUT2D eigenvalue weighted by Crippen LogP contribution is -2.23. The van der Waals surface area contributed by atoms with Gasteiger partial charge in [-0.3, -0.25) is 4.72 Å². The van der Waals surface area contributed by atoms with Gasteiger partial charge in [-0.1, -0.05) is 0 Å². The van der Waals surface area contributed by atoms with E-state index in [1.54, 1.807) is 0 Å². The average molecular weight is 439 g/mol. The Morgan fingerprint density at radius 3 is 2.83 bits per heavy atom. The number of benzene rings is 1. The molecule has 0 radical (unpaired) electrons. The maximum atomic E-state index is 14.5. The van der Waals surface area contributed by atoms with E-state index in [-0.39, 0.29) is 22.0 Å². The molecule has 2 aromatic rings. The molecule has 24 heavy (non-hydrogen) atoms. The molecule has 1 aliphatic heterocycles. The third-order valence-corrected chi connectivity index (χ3v) is 6.23. The van der Waals surface area contributed by atoms with Crippen LogP contribution in [0.25, 0.3) is 0 Å². The van der Waals surface area contributed by atoms with Crippen molar-refractivity contribution in [3.8, 4) is 0 Å². The van der Waals surface area contributed by atoms with Crippen LogP contribution in [0.3, 0.4) is 0 Å². The molecule has 3 rings (SSSR count). The highest BCUT2D eigenvalue weighted by Crippen LogP contribution is 2.34. The van der Waals surface area contributed by atoms with Crippen LogP contribution in [0.5, 0.6) is 0 Å². The highest BCUT2D eigenvalue weighted by molar-refractivity contribution is 9.10. The standard InChI is InChI=1S/C13H13BrF2N4O2S2/c14-11-9(19-7-1-2-17-4-7)3-8(15)13(12(11)16)24(21,22)20-10-5-23-6-18-10/h3,5-7,17,19-20H,1-2,4H2. The van der Waals surface area contributed by atoms with Crippen molar-refractivity contribution in [1.29, 1.82) is 0 Å². The third kappa shape index (κ3) is 3.53. The normalized spacial score (nSPS) is 17.9. The fourth-order valence-corrected chi connectivity index (χ4v) is 4.64. The fourth-order valence-electron chi connectivity index (χ4n) is 2.38. The quantitative estimate of drug-likeness (QED) is 0.625. The highest BCUT2D eigenvalue weighted by atomic mass is 79.9. The van der Waals surface area contributed by atoms with Gasteiger partial charge in [-0.25, -0.2) is 22.2 Å². The summed E-state index contributed by atoms with van der Waals surface area (Å²) in [6, 6.07) is 0.997. The van der Waals surface area contributed by atoms with Gasteiger partial charge in [0.25, 0.3) is 10.0 Å². The molecule has 0 bridgehead atoms. The maximum Gasteiger partial charge on any atom is 0.268 e. The van der Waals surface area contributed by atoms with Gasteiger partial charge in [-0.2, -0.15) is 0 Å². The molecule has 0 aliphatic carbocycles. The van der Waals surface area contributed by atoms with Gasteiger partial charge in [-0.15, -0.1) is 11.3 Å². The molecule has 3 N–H and O–H groups in total. The molecular formula is C13H13BrF2N4O2S2. The van der Waals surface area contributed by atoms with E-state index in [1.165, 1.54) is 10.9 Å². The Morgan fingerprint density at radius 2 is 2.21 bits per heavy atom. The van der Waals surface area contributed by atoms with E-state index in [0.29, 0.717) is 6.54 Å². The number of rotatable bonds is 5. The Labute approximate surface area is 149 Å². The Bertz CT molecular complexity index is 840. The number of hydrogen-bond acceptors (Lipinski definition) is 6. The lowest BCUT2D eigenvalue weighted by atomic mass is 10.2. The average Bonchev–Trinajstić information content (AvgIpc) is 3.17. The number of anilines is 2. The van der Waals surface area contributed by atoms with Crippen LogP contribution in [-0.4, -0.2) is 32.5 Å². The fraction of sp³-hybridized carbons (Fsp3) is 0.308. The molecule has 1 saturated heterocycles. The number of hydrogen-bond donors (Lipinski definition) is 3. The first-order valence-corrected chi connectivity index (χ1v) is 10.2. The summed E-state index contributed by atoms with van der Waals surface area (Å²) < 4.78 is 55.3. The van der Waals surface area contributed by atoms with Crippen LogP contribution >= 0.6 is 27.3 Å². The summed E-state index contributed by atoms with van der Waals surface area (Å²) >= 11 is 4.17. The summed E-state index contributed by atoms with van der Waals surface area (Å²) in [5.74, 6) is -2.35. The molecule has 0 amide bonds. The lowest BCUT2D eigenvalue weighted by molar-refractivity contribution is 0.518. The van der Waals surface area contributed by atoms with Crippen LogP contribution in [0.2, 0.25) is 0 Å². The van der Waals surface area contributed by atoms with Crippen molar-refractivity contribution < 1.29 is 17.2 Å². The number of thiazole rings is 1. The minimum atomic E-state index is -4.44. The van der Waals surface area contributed by atoms with Gasteiger partial charge in [0.1, 0.15) is 5.82 Å². The van der Waals surface area contributed by atoms with Crippen molar-refractivity contribution >= 4 is 48.8 Å². The molecule has 0 spiro atoms. The second-order valence-corrected chi connectivity index (χ2v) is 8.31. The smallest absolute Gasteiger partial charge is 0.268 e. The van der Waals surface area contributed by atoms with Crippen molar-refractivity contribution in [2.75, 3.05) is 23.1 Å². The molecule has 1 atom stereocenters. The number of sulfonamides is 1. The van der Waals surface area contributed by atoms with E-state index in [1.807, 2.05) is 0 Å². The second kappa shape index (κ2) is 6.90. The maximum absolute atomic E-state index is 14.5. The minimum absolute atomic E-state index is 0.00848. The molecule has 1 unspecified atom stereocenters. The van der Waals surface area contributed by atoms with Crippen LogP contribution in [0.4, 0.5) is 20.3 Å². The minimum Gasteiger partial charge on any atom is -0.380 e. The molecule has 1 aromatic heterocycles. The largest absolute Gasteiger partial charge is 0.380 e. The van der Waals surface area contributed by atoms with Gasteiger partial charge in [0.2, 0.25) is 0 Å². The van der Waals surface area contributed by atoms with Crippen LogP contribution in [0.15, 0.2) is 26.3 Å². The van der Waals surface area contributed by atoms with Gasteiger partial charge >= 0.3 is 0 Å². The lowest BCUT2D eigenvalue weighted by Gasteiger charge is -2.17. The molecule has 2 heterocycles. The zero-order valence-electron chi connectivity index (χ0n) is 12.1. The highest BCUT2D eigenvalue weighted by Gasteiger charge is 2.29. The van der Waals surface area contributed by atoms with E-state index in [2.05, 4.69) is 36.3 Å². The van der Waals surface area contributed by atoms with Crippen molar-refractivity contribution in [3.05, 3.63) is 33.1 Å². The van der Waals surface area contributed by atoms with E-state index in [9.17, 15) is 17.2 Å². The topological polar surface area (TPSA) is 83.1 Å². The summed E-state index contributed by atoms with van der Waals surface area (Å²) in [6.45, 7) is 1.48. The summed E-state index contributed by atoms with van der Waals surface area (Å²) in [5, 5.41) is 7.55. The molecule has 130 valence electrons. The third-order valence-electron chi connectivity index (χ3n) is 3.48. The first-order chi connectivity index (χ1) is 11.4. The Hall–Kier alpha value is -1.30. The monoisotopic (exact) mass is 438 g/mol. The Morgan fingerprint density at radius 1 is 1.42 bits per heavy atom. The number of aromatic nitrogens is 1. The van der Waals surface area contributed by atoms with Gasteiger partial charge in [0.15, 0.2) is 16.5 Å². The van der Waals surface area contributed by atoms with Gasteiger partial charge in [0, 0.05) is 18.0 Å². The van der Waals surface area contributed by atoms with Crippen LogP contribution in [0, 0.1) is 11.6 Å². The van der Waals surface area contributed by atoms with Crippen molar-refractivity contribution in [2.45, 2.75) is 17.4 Å². The molecule has 11 heteroatoms. The summed E-state index contributed by atoms with van der Waals surface area (Å²) in [7, 11) is -4.44. The van der Waals surface area contributed by atoms with Gasteiger partial charge in [-0.05, 0) is 35.0 Å². The SMILES string of the molecule is O=S(=O)(Nc1cscn1)c1c(F)cc(NC2CCNC2)c(Br)c1F. The predicted molar refractivity (Wildman–Crippen MR) is 91.9 cm³/mol. The molecule has 1 aromatic carbocycles. The van der Waals surface area contributed by atoms with E-state index in [4.69, 9.17) is 0 Å². The first-order valence-electron chi connectivity index (χ1n) is 6.94. The molecule has 1 aliphatic rings. The van der Waals surface area contributed by atoms with Crippen molar-refractivity contribution in [1.82, 2.24) is 10.3 Å². The summed E-state index contributed by atoms with van der Waals surface area (Å²) in [6.07, 6.45) is 0.807. The molecular weight excluding hydrogens is 426 g/mol. The van der Waals surface area contributed by atoms with Gasteiger partial charge < -0.3 is 10.6 Å². The predicted octanol–water partition coefficient (Wildman–Crippen LogP) is 2.76. The van der Waals surface area contributed by atoms with Crippen molar-refractivity contribution in [3.63, 3.8) is 0 Å². The summed E-state index contributed by atoms with van der Waals surface area (Å²) in [5.41, 5.74) is 1.58. The van der Waals surface area contributed by atoms with Crippen LogP contribution in [0.1, 0.15) is 6.42 Å². The van der Waals surface area contributed by atoms with E-state index >= 15 is 0 Å². The summed E-state index contributed by atoms with van der Waals surface area (Å²) in [4.78, 5) is 2.70. The number of nitrogens with one attached hydrogen (secondary N) is 3. The number of halogens is 3. The molecule has 6 nitrogen and oxygen atoms in total. The van der Waals surface area contributed by atoms with Crippen molar-refractivity contribution in [2.24, 2.45) is 0 Å². The first kappa shape index (κ1) is 17.5. The van der Waals surface area contributed by atoms with E-state index in [0.717, 1.165) is 30.4 Å². The van der Waals surface area contributed by atoms with Gasteiger partial charge in [0.05, 0.1) is 15.7 Å². The molecule has 0 saturated carbocycles. The Balaban J connectivity index is 1.95. The van der Waals surface area contributed by atoms with E-state index < -0.39 is 26.6 Å². The van der Waals surface area contributed by atoms with Crippen LogP contribution in [-0.2, 0) is 10.0 Å². The molecule has 1 fully saturated rings. The Kier molecular flexibility index (Phi) is 5.04.